The quantitative estimate of drug-likeness (QED) is 0.547. The van der Waals surface area contributed by atoms with Crippen molar-refractivity contribution in [2.75, 3.05) is 0 Å². The van der Waals surface area contributed by atoms with Gasteiger partial charge in [-0.25, -0.2) is 4.84 Å². The minimum atomic E-state index is -0.973. The van der Waals surface area contributed by atoms with Crippen LogP contribution in [0.3, 0.4) is 0 Å². The average Bonchev–Trinajstić information content (AvgIpc) is 2.67. The van der Waals surface area contributed by atoms with Gasteiger partial charge in [0.25, 0.3) is 0 Å². The van der Waals surface area contributed by atoms with Gasteiger partial charge in [-0.2, -0.15) is 0 Å². The molecule has 25 heavy (non-hydrogen) atoms. The van der Waals surface area contributed by atoms with E-state index in [1.54, 1.807) is 0 Å². The Bertz CT molecular complexity index is 708. The van der Waals surface area contributed by atoms with E-state index in [4.69, 9.17) is 9.68 Å². The van der Waals surface area contributed by atoms with Gasteiger partial charge in [0.2, 0.25) is 0 Å². The lowest BCUT2D eigenvalue weighted by Gasteiger charge is -2.34. The van der Waals surface area contributed by atoms with Crippen molar-refractivity contribution in [2.24, 2.45) is 0 Å². The van der Waals surface area contributed by atoms with Crippen LogP contribution < -0.4 is 5.64 Å². The van der Waals surface area contributed by atoms with E-state index in [-0.39, 0.29) is 0 Å². The Kier molecular flexibility index (Phi) is 5.23. The fourth-order valence-electron chi connectivity index (χ4n) is 2.84. The van der Waals surface area contributed by atoms with Gasteiger partial charge in [0.1, 0.15) is 0 Å². The van der Waals surface area contributed by atoms with Crippen molar-refractivity contribution < 1.29 is 14.5 Å². The molecular weight excluding hydrogens is 314 g/mol. The van der Waals surface area contributed by atoms with Crippen LogP contribution in [0.25, 0.3) is 0 Å². The van der Waals surface area contributed by atoms with Crippen molar-refractivity contribution in [1.29, 1.82) is 0 Å². The maximum absolute atomic E-state index is 11.2. The van der Waals surface area contributed by atoms with Crippen molar-refractivity contribution in [3.8, 4) is 0 Å². The fraction of sp³-hybridized carbons (Fsp3) is 0.0952. The molecule has 0 radical (unpaired) electrons. The van der Waals surface area contributed by atoms with E-state index in [9.17, 15) is 4.79 Å². The van der Waals surface area contributed by atoms with Gasteiger partial charge in [-0.15, -0.1) is 0 Å². The first-order valence-electron chi connectivity index (χ1n) is 8.00. The Balaban J connectivity index is 2.18. The first kappa shape index (κ1) is 16.9. The first-order chi connectivity index (χ1) is 12.2. The predicted molar refractivity (Wildman–Crippen MR) is 95.2 cm³/mol. The number of nitrogens with one attached hydrogen (secondary N) is 1. The third kappa shape index (κ3) is 3.60. The average molecular weight is 333 g/mol. The van der Waals surface area contributed by atoms with E-state index in [1.165, 1.54) is 6.92 Å². The van der Waals surface area contributed by atoms with E-state index in [1.807, 2.05) is 91.0 Å². The van der Waals surface area contributed by atoms with Crippen LogP contribution >= 0.6 is 0 Å². The van der Waals surface area contributed by atoms with Crippen LogP contribution in [0.4, 0.5) is 0 Å². The number of hydrogen-bond donors (Lipinski definition) is 1. The zero-order chi connectivity index (χ0) is 17.5. The summed E-state index contributed by atoms with van der Waals surface area (Å²) in [5.41, 5.74) is 4.13. The molecule has 0 saturated carbocycles. The van der Waals surface area contributed by atoms with Gasteiger partial charge >= 0.3 is 5.97 Å². The number of hydrogen-bond acceptors (Lipinski definition) is 4. The molecule has 0 aliphatic rings. The minimum absolute atomic E-state index is 0.483. The summed E-state index contributed by atoms with van der Waals surface area (Å²) in [5, 5.41) is 0. The van der Waals surface area contributed by atoms with Crippen LogP contribution in [0.15, 0.2) is 91.0 Å². The van der Waals surface area contributed by atoms with Gasteiger partial charge in [-0.05, 0) is 22.3 Å². The second-order valence-corrected chi connectivity index (χ2v) is 5.56. The van der Waals surface area contributed by atoms with E-state index >= 15 is 0 Å². The smallest absolute Gasteiger partial charge is 0.324 e. The molecule has 4 heteroatoms. The van der Waals surface area contributed by atoms with Gasteiger partial charge in [0, 0.05) is 6.92 Å². The van der Waals surface area contributed by atoms with Crippen LogP contribution in [0.2, 0.25) is 0 Å². The normalized spacial score (nSPS) is 11.1. The molecule has 126 valence electrons. The van der Waals surface area contributed by atoms with Crippen molar-refractivity contribution in [3.63, 3.8) is 0 Å². The number of carbonyl (C=O) groups is 1. The number of carbonyl (C=O) groups excluding carboxylic acids is 1. The lowest BCUT2D eigenvalue weighted by atomic mass is 9.80. The Hall–Kier alpha value is -2.95. The van der Waals surface area contributed by atoms with Gasteiger partial charge < -0.3 is 4.84 Å². The maximum atomic E-state index is 11.2. The Morgan fingerprint density at radius 1 is 0.720 bits per heavy atom. The van der Waals surface area contributed by atoms with E-state index in [0.29, 0.717) is 0 Å². The number of rotatable bonds is 6. The van der Waals surface area contributed by atoms with Crippen molar-refractivity contribution in [1.82, 2.24) is 5.64 Å². The highest BCUT2D eigenvalue weighted by Gasteiger charge is 2.38. The third-order valence-corrected chi connectivity index (χ3v) is 3.92. The molecule has 1 N–H and O–H groups in total. The standard InChI is InChI=1S/C21H19NO3/c1-17(23)24-22-25-21(18-11-5-2-6-12-18,19-13-7-3-8-14-19)20-15-9-4-10-16-20/h2-16,22H,1H3. The summed E-state index contributed by atoms with van der Waals surface area (Å²) in [6.07, 6.45) is 0. The summed E-state index contributed by atoms with van der Waals surface area (Å²) >= 11 is 0. The summed E-state index contributed by atoms with van der Waals surface area (Å²) in [6, 6.07) is 29.4. The van der Waals surface area contributed by atoms with E-state index < -0.39 is 11.6 Å². The summed E-state index contributed by atoms with van der Waals surface area (Å²) in [7, 11) is 0. The van der Waals surface area contributed by atoms with Crippen LogP contribution in [0.5, 0.6) is 0 Å². The summed E-state index contributed by atoms with van der Waals surface area (Å²) in [6.45, 7) is 1.31. The fourth-order valence-corrected chi connectivity index (χ4v) is 2.84. The molecule has 0 unspecified atom stereocenters. The van der Waals surface area contributed by atoms with E-state index in [2.05, 4.69) is 5.64 Å². The van der Waals surface area contributed by atoms with Crippen LogP contribution in [-0.4, -0.2) is 5.97 Å². The lowest BCUT2D eigenvalue weighted by molar-refractivity contribution is -0.216. The zero-order valence-corrected chi connectivity index (χ0v) is 13.9. The molecule has 0 saturated heterocycles. The lowest BCUT2D eigenvalue weighted by Crippen LogP contribution is -2.38. The third-order valence-electron chi connectivity index (χ3n) is 3.92. The highest BCUT2D eigenvalue weighted by molar-refractivity contribution is 5.65. The second-order valence-electron chi connectivity index (χ2n) is 5.56. The molecule has 0 bridgehead atoms. The highest BCUT2D eigenvalue weighted by atomic mass is 16.9. The molecule has 3 aromatic carbocycles. The van der Waals surface area contributed by atoms with Crippen LogP contribution in [0.1, 0.15) is 23.6 Å². The van der Waals surface area contributed by atoms with Gasteiger partial charge in [-0.1, -0.05) is 91.0 Å². The van der Waals surface area contributed by atoms with Crippen LogP contribution in [0, 0.1) is 0 Å². The molecule has 0 amide bonds. The predicted octanol–water partition coefficient (Wildman–Crippen LogP) is 3.98. The van der Waals surface area contributed by atoms with Gasteiger partial charge in [0.15, 0.2) is 5.60 Å². The van der Waals surface area contributed by atoms with Crippen molar-refractivity contribution in [2.45, 2.75) is 12.5 Å². The molecule has 0 aromatic heterocycles. The van der Waals surface area contributed by atoms with Crippen molar-refractivity contribution >= 4 is 5.97 Å². The second kappa shape index (κ2) is 7.75. The molecule has 0 fully saturated rings. The van der Waals surface area contributed by atoms with E-state index in [0.717, 1.165) is 16.7 Å². The summed E-state index contributed by atoms with van der Waals surface area (Å²) in [4.78, 5) is 22.0. The number of benzene rings is 3. The Labute approximate surface area is 146 Å². The zero-order valence-electron chi connectivity index (χ0n) is 13.9. The highest BCUT2D eigenvalue weighted by Crippen LogP contribution is 2.39. The first-order valence-corrected chi connectivity index (χ1v) is 8.00. The Morgan fingerprint density at radius 2 is 1.08 bits per heavy atom. The topological polar surface area (TPSA) is 47.6 Å². The Morgan fingerprint density at radius 3 is 1.40 bits per heavy atom. The SMILES string of the molecule is CC(=O)ONOC(c1ccccc1)(c1ccccc1)c1ccccc1. The van der Waals surface area contributed by atoms with Crippen LogP contribution in [-0.2, 0) is 20.1 Å². The largest absolute Gasteiger partial charge is 0.346 e. The molecule has 0 aliphatic carbocycles. The molecule has 3 rings (SSSR count). The van der Waals surface area contributed by atoms with Gasteiger partial charge in [0.05, 0.1) is 0 Å². The van der Waals surface area contributed by atoms with Crippen molar-refractivity contribution in [3.05, 3.63) is 108 Å². The monoisotopic (exact) mass is 333 g/mol. The maximum Gasteiger partial charge on any atom is 0.324 e. The molecule has 0 heterocycles. The minimum Gasteiger partial charge on any atom is -0.346 e. The summed E-state index contributed by atoms with van der Waals surface area (Å²) < 4.78 is 0. The molecule has 0 aliphatic heterocycles. The molecule has 4 nitrogen and oxygen atoms in total. The van der Waals surface area contributed by atoms with Gasteiger partial charge in [-0.3, -0.25) is 4.79 Å². The molecule has 3 aromatic rings. The molecule has 0 atom stereocenters. The summed E-state index contributed by atoms with van der Waals surface area (Å²) in [5.74, 6) is -0.483. The molecular formula is C21H19NO3. The molecule has 0 spiro atoms.